The Hall–Kier alpha value is 0. The van der Waals surface area contributed by atoms with Crippen molar-refractivity contribution < 1.29 is 0 Å². The molecule has 3 saturated carbocycles. The third-order valence-corrected chi connectivity index (χ3v) is 9.31. The van der Waals surface area contributed by atoms with Gasteiger partial charge in [-0.2, -0.15) is 0 Å². The maximum absolute atomic E-state index is 2.36. The van der Waals surface area contributed by atoms with E-state index >= 15 is 0 Å². The van der Waals surface area contributed by atoms with Crippen molar-refractivity contribution >= 4 is 0 Å². The minimum atomic E-state index is 1.08. The minimum absolute atomic E-state index is 1.08. The fraction of sp³-hybridized carbons (Fsp3) is 1.00. The predicted octanol–water partition coefficient (Wildman–Crippen LogP) is 9.57. The molecule has 0 nitrogen and oxygen atoms in total. The number of hydrogen-bond acceptors (Lipinski definition) is 0. The smallest absolute Gasteiger partial charge is 0.0386 e. The van der Waals surface area contributed by atoms with Crippen LogP contribution in [-0.2, 0) is 0 Å². The summed E-state index contributed by atoms with van der Waals surface area (Å²) in [5.74, 6) is 6.57. The standard InChI is InChI=1S/C28H52/c1-3-5-6-8-24-15-19-27(20-16-24)28-21-17-26(18-22-28)14-13-25-11-9-23(7-4-2)10-12-25/h23-28H,3-22H2,1-2H3/t23?,24-,25?,26-,27-,28-. The predicted molar refractivity (Wildman–Crippen MR) is 125 cm³/mol. The Balaban J connectivity index is 1.25. The molecule has 0 bridgehead atoms. The van der Waals surface area contributed by atoms with Gasteiger partial charge in [0.05, 0.1) is 0 Å². The Morgan fingerprint density at radius 2 is 0.786 bits per heavy atom. The summed E-state index contributed by atoms with van der Waals surface area (Å²) in [6.07, 6.45) is 30.7. The van der Waals surface area contributed by atoms with Crippen LogP contribution in [0, 0.1) is 35.5 Å². The zero-order valence-corrected chi connectivity index (χ0v) is 19.6. The van der Waals surface area contributed by atoms with Gasteiger partial charge in [-0.1, -0.05) is 117 Å². The zero-order chi connectivity index (χ0) is 19.6. The van der Waals surface area contributed by atoms with E-state index in [0.29, 0.717) is 0 Å². The van der Waals surface area contributed by atoms with Gasteiger partial charge in [-0.3, -0.25) is 0 Å². The Kier molecular flexibility index (Phi) is 10.2. The summed E-state index contributed by atoms with van der Waals surface area (Å²) in [6, 6.07) is 0. The molecule has 0 saturated heterocycles. The average Bonchev–Trinajstić information content (AvgIpc) is 2.75. The highest BCUT2D eigenvalue weighted by molar-refractivity contribution is 4.83. The normalized spacial score (nSPS) is 37.1. The highest BCUT2D eigenvalue weighted by Gasteiger charge is 2.31. The van der Waals surface area contributed by atoms with Crippen molar-refractivity contribution in [3.8, 4) is 0 Å². The first-order valence-electron chi connectivity index (χ1n) is 13.8. The van der Waals surface area contributed by atoms with Crippen LogP contribution in [0.5, 0.6) is 0 Å². The highest BCUT2D eigenvalue weighted by atomic mass is 14.4. The summed E-state index contributed by atoms with van der Waals surface area (Å²) >= 11 is 0. The molecule has 0 aromatic rings. The molecule has 3 aliphatic carbocycles. The van der Waals surface area contributed by atoms with E-state index in [9.17, 15) is 0 Å². The lowest BCUT2D eigenvalue weighted by atomic mass is 9.68. The second kappa shape index (κ2) is 12.6. The van der Waals surface area contributed by atoms with Crippen molar-refractivity contribution in [1.29, 1.82) is 0 Å². The summed E-state index contributed by atoms with van der Waals surface area (Å²) < 4.78 is 0. The van der Waals surface area contributed by atoms with Crippen molar-refractivity contribution in [2.45, 2.75) is 142 Å². The van der Waals surface area contributed by atoms with Gasteiger partial charge < -0.3 is 0 Å². The van der Waals surface area contributed by atoms with Crippen LogP contribution in [0.15, 0.2) is 0 Å². The number of unbranched alkanes of at least 4 members (excludes halogenated alkanes) is 2. The van der Waals surface area contributed by atoms with Crippen LogP contribution in [0.1, 0.15) is 142 Å². The van der Waals surface area contributed by atoms with Crippen molar-refractivity contribution in [1.82, 2.24) is 0 Å². The molecule has 0 heteroatoms. The van der Waals surface area contributed by atoms with E-state index in [0.717, 1.165) is 35.5 Å². The average molecular weight is 389 g/mol. The molecule has 28 heavy (non-hydrogen) atoms. The van der Waals surface area contributed by atoms with Gasteiger partial charge in [0.15, 0.2) is 0 Å². The number of rotatable bonds is 10. The molecule has 0 atom stereocenters. The molecular weight excluding hydrogens is 336 g/mol. The Morgan fingerprint density at radius 3 is 1.21 bits per heavy atom. The second-order valence-electron chi connectivity index (χ2n) is 11.3. The molecule has 0 heterocycles. The van der Waals surface area contributed by atoms with Gasteiger partial charge in [0.2, 0.25) is 0 Å². The van der Waals surface area contributed by atoms with Crippen LogP contribution in [0.4, 0.5) is 0 Å². The van der Waals surface area contributed by atoms with Crippen LogP contribution in [-0.4, -0.2) is 0 Å². The first kappa shape index (κ1) is 22.7. The third kappa shape index (κ3) is 7.36. The van der Waals surface area contributed by atoms with Crippen LogP contribution in [0.2, 0.25) is 0 Å². The van der Waals surface area contributed by atoms with Crippen LogP contribution >= 0.6 is 0 Å². The molecule has 0 spiro atoms. The third-order valence-electron chi connectivity index (χ3n) is 9.31. The van der Waals surface area contributed by atoms with E-state index in [-0.39, 0.29) is 0 Å². The van der Waals surface area contributed by atoms with Crippen molar-refractivity contribution in [3.63, 3.8) is 0 Å². The molecule has 0 unspecified atom stereocenters. The van der Waals surface area contributed by atoms with E-state index < -0.39 is 0 Å². The van der Waals surface area contributed by atoms with E-state index in [2.05, 4.69) is 13.8 Å². The maximum atomic E-state index is 2.36. The van der Waals surface area contributed by atoms with E-state index in [1.54, 1.807) is 89.9 Å². The lowest BCUT2D eigenvalue weighted by Gasteiger charge is -2.38. The second-order valence-corrected chi connectivity index (χ2v) is 11.3. The Labute approximate surface area is 178 Å². The molecule has 0 aromatic heterocycles. The van der Waals surface area contributed by atoms with E-state index in [1.807, 2.05) is 0 Å². The minimum Gasteiger partial charge on any atom is -0.0654 e. The molecule has 0 amide bonds. The Morgan fingerprint density at radius 1 is 0.393 bits per heavy atom. The molecule has 3 rings (SSSR count). The van der Waals surface area contributed by atoms with Gasteiger partial charge in [0, 0.05) is 0 Å². The number of hydrogen-bond donors (Lipinski definition) is 0. The van der Waals surface area contributed by atoms with Gasteiger partial charge in [0.25, 0.3) is 0 Å². The fourth-order valence-electron chi connectivity index (χ4n) is 7.27. The summed E-state index contributed by atoms with van der Waals surface area (Å²) in [6.45, 7) is 4.70. The molecule has 3 fully saturated rings. The summed E-state index contributed by atoms with van der Waals surface area (Å²) in [5, 5.41) is 0. The summed E-state index contributed by atoms with van der Waals surface area (Å²) in [5.41, 5.74) is 0. The first-order valence-corrected chi connectivity index (χ1v) is 13.8. The van der Waals surface area contributed by atoms with E-state index in [4.69, 9.17) is 0 Å². The molecule has 164 valence electrons. The topological polar surface area (TPSA) is 0 Å². The maximum Gasteiger partial charge on any atom is -0.0386 e. The molecular formula is C28H52. The van der Waals surface area contributed by atoms with Crippen LogP contribution < -0.4 is 0 Å². The quantitative estimate of drug-likeness (QED) is 0.327. The lowest BCUT2D eigenvalue weighted by Crippen LogP contribution is -2.26. The summed E-state index contributed by atoms with van der Waals surface area (Å²) in [4.78, 5) is 0. The van der Waals surface area contributed by atoms with Gasteiger partial charge in [-0.15, -0.1) is 0 Å². The SMILES string of the molecule is CCCCC[C@H]1CC[C@H]([C@H]2CC[C@H](CCC3CCC(CCC)CC3)CC2)CC1. The monoisotopic (exact) mass is 388 g/mol. The molecule has 0 aromatic carbocycles. The zero-order valence-electron chi connectivity index (χ0n) is 19.6. The van der Waals surface area contributed by atoms with Crippen molar-refractivity contribution in [2.24, 2.45) is 35.5 Å². The van der Waals surface area contributed by atoms with E-state index in [1.165, 1.54) is 38.5 Å². The van der Waals surface area contributed by atoms with Gasteiger partial charge in [0.1, 0.15) is 0 Å². The molecule has 0 N–H and O–H groups in total. The van der Waals surface area contributed by atoms with Gasteiger partial charge in [-0.05, 0) is 61.2 Å². The van der Waals surface area contributed by atoms with Gasteiger partial charge >= 0.3 is 0 Å². The lowest BCUT2D eigenvalue weighted by molar-refractivity contribution is 0.135. The van der Waals surface area contributed by atoms with Crippen LogP contribution in [0.3, 0.4) is 0 Å². The fourth-order valence-corrected chi connectivity index (χ4v) is 7.27. The molecule has 3 aliphatic rings. The molecule has 0 radical (unpaired) electrons. The first-order chi connectivity index (χ1) is 13.8. The Bertz CT molecular complexity index is 375. The summed E-state index contributed by atoms with van der Waals surface area (Å²) in [7, 11) is 0. The molecule has 0 aliphatic heterocycles. The highest BCUT2D eigenvalue weighted by Crippen LogP contribution is 2.44. The van der Waals surface area contributed by atoms with Crippen molar-refractivity contribution in [3.05, 3.63) is 0 Å². The van der Waals surface area contributed by atoms with Crippen LogP contribution in [0.25, 0.3) is 0 Å². The largest absolute Gasteiger partial charge is 0.0654 e. The van der Waals surface area contributed by atoms with Crippen molar-refractivity contribution in [2.75, 3.05) is 0 Å². The van der Waals surface area contributed by atoms with Gasteiger partial charge in [-0.25, -0.2) is 0 Å².